The molecule has 0 bridgehead atoms. The summed E-state index contributed by atoms with van der Waals surface area (Å²) < 4.78 is 31.3. The Morgan fingerprint density at radius 3 is 2.37 bits per heavy atom. The van der Waals surface area contributed by atoms with Gasteiger partial charge in [-0.1, -0.05) is 65.9 Å². The summed E-state index contributed by atoms with van der Waals surface area (Å²) in [5, 5.41) is 11.0. The summed E-state index contributed by atoms with van der Waals surface area (Å²) in [6.45, 7) is 1.94. The highest BCUT2D eigenvalue weighted by molar-refractivity contribution is 7.99. The molecule has 0 spiro atoms. The summed E-state index contributed by atoms with van der Waals surface area (Å²) in [7, 11) is -1.82. The number of rotatable bonds is 5. The van der Waals surface area contributed by atoms with E-state index in [1.54, 1.807) is 18.5 Å². The topological polar surface area (TPSA) is 76.9 Å². The molecule has 8 heteroatoms. The molecule has 0 amide bonds. The zero-order chi connectivity index (χ0) is 20.9. The Morgan fingerprint density at radius 2 is 1.70 bits per heavy atom. The largest absolute Gasteiger partial charge is 0.312 e. The van der Waals surface area contributed by atoms with Crippen LogP contribution in [0.25, 0.3) is 10.8 Å². The highest BCUT2D eigenvalue weighted by Gasteiger charge is 2.38. The first-order valence-electron chi connectivity index (χ1n) is 9.55. The standard InChI is InChI=1S/C22H20N4O2S2/c1-14-9-11-16(12-10-14)30(27,28)25-20-17-7-3-5-15-6-4-8-18(19(15)17)21(20)29-22-24-23-13-26(22)2/h3-13,20-21,25H,1-2H3/t20-,21+/m0/s1. The van der Waals surface area contributed by atoms with Crippen molar-refractivity contribution in [3.05, 3.63) is 83.7 Å². The summed E-state index contributed by atoms with van der Waals surface area (Å²) >= 11 is 1.52. The van der Waals surface area contributed by atoms with Gasteiger partial charge < -0.3 is 4.57 Å². The Bertz CT molecular complexity index is 1340. The van der Waals surface area contributed by atoms with E-state index in [1.807, 2.05) is 48.9 Å². The van der Waals surface area contributed by atoms with Gasteiger partial charge in [-0.05, 0) is 41.0 Å². The lowest BCUT2D eigenvalue weighted by molar-refractivity contribution is 0.557. The first kappa shape index (κ1) is 19.3. The average Bonchev–Trinajstić information content (AvgIpc) is 3.26. The lowest BCUT2D eigenvalue weighted by Gasteiger charge is -2.22. The Hall–Kier alpha value is -2.68. The van der Waals surface area contributed by atoms with Crippen LogP contribution in [0.5, 0.6) is 0 Å². The van der Waals surface area contributed by atoms with E-state index >= 15 is 0 Å². The number of aryl methyl sites for hydroxylation is 2. The first-order chi connectivity index (χ1) is 14.4. The van der Waals surface area contributed by atoms with Gasteiger partial charge in [-0.25, -0.2) is 13.1 Å². The van der Waals surface area contributed by atoms with E-state index in [0.717, 1.165) is 32.6 Å². The van der Waals surface area contributed by atoms with Crippen molar-refractivity contribution in [3.8, 4) is 0 Å². The maximum Gasteiger partial charge on any atom is 0.241 e. The van der Waals surface area contributed by atoms with Crippen molar-refractivity contribution in [3.63, 3.8) is 0 Å². The van der Waals surface area contributed by atoms with Crippen LogP contribution in [-0.2, 0) is 17.1 Å². The predicted octanol–water partition coefficient (Wildman–Crippen LogP) is 4.14. The van der Waals surface area contributed by atoms with E-state index in [9.17, 15) is 8.42 Å². The average molecular weight is 437 g/mol. The molecule has 30 heavy (non-hydrogen) atoms. The van der Waals surface area contributed by atoms with E-state index in [1.165, 1.54) is 11.8 Å². The van der Waals surface area contributed by atoms with Crippen molar-refractivity contribution in [1.82, 2.24) is 19.5 Å². The molecule has 3 aromatic carbocycles. The van der Waals surface area contributed by atoms with Crippen LogP contribution in [0.4, 0.5) is 0 Å². The minimum absolute atomic E-state index is 0.158. The fraction of sp³-hybridized carbons (Fsp3) is 0.182. The SMILES string of the molecule is Cc1ccc(S(=O)(=O)N[C@H]2c3cccc4cccc(c34)[C@H]2Sc2nncn2C)cc1. The number of nitrogens with one attached hydrogen (secondary N) is 1. The van der Waals surface area contributed by atoms with E-state index in [4.69, 9.17) is 0 Å². The maximum absolute atomic E-state index is 13.2. The van der Waals surface area contributed by atoms with Crippen LogP contribution < -0.4 is 4.72 Å². The summed E-state index contributed by atoms with van der Waals surface area (Å²) in [5.41, 5.74) is 3.11. The van der Waals surface area contributed by atoms with Crippen molar-refractivity contribution in [2.45, 2.75) is 28.3 Å². The fourth-order valence-electron chi connectivity index (χ4n) is 3.94. The molecule has 1 aliphatic carbocycles. The van der Waals surface area contributed by atoms with Crippen LogP contribution in [0.15, 0.2) is 77.0 Å². The van der Waals surface area contributed by atoms with Crippen LogP contribution in [0.2, 0.25) is 0 Å². The van der Waals surface area contributed by atoms with Crippen LogP contribution in [0, 0.1) is 6.92 Å². The summed E-state index contributed by atoms with van der Waals surface area (Å²) in [4.78, 5) is 0.263. The predicted molar refractivity (Wildman–Crippen MR) is 118 cm³/mol. The van der Waals surface area contributed by atoms with Crippen molar-refractivity contribution < 1.29 is 8.42 Å². The molecule has 152 valence electrons. The van der Waals surface area contributed by atoms with E-state index in [0.29, 0.717) is 0 Å². The van der Waals surface area contributed by atoms with E-state index in [-0.39, 0.29) is 10.1 Å². The third kappa shape index (κ3) is 3.21. The number of aromatic nitrogens is 3. The fourth-order valence-corrected chi connectivity index (χ4v) is 6.46. The molecule has 0 fully saturated rings. The van der Waals surface area contributed by atoms with Gasteiger partial charge in [-0.3, -0.25) is 0 Å². The third-order valence-corrected chi connectivity index (χ3v) is 8.25. The first-order valence-corrected chi connectivity index (χ1v) is 11.9. The Kier molecular flexibility index (Phi) is 4.65. The highest BCUT2D eigenvalue weighted by atomic mass is 32.2. The molecule has 5 rings (SSSR count). The normalized spacial score (nSPS) is 18.2. The van der Waals surface area contributed by atoms with Gasteiger partial charge in [0, 0.05) is 7.05 Å². The van der Waals surface area contributed by atoms with Crippen molar-refractivity contribution in [2.75, 3.05) is 0 Å². The summed E-state index contributed by atoms with van der Waals surface area (Å²) in [6, 6.07) is 18.7. The smallest absolute Gasteiger partial charge is 0.241 e. The second-order valence-corrected chi connectivity index (χ2v) is 10.3. The molecule has 6 nitrogen and oxygen atoms in total. The van der Waals surface area contributed by atoms with Crippen molar-refractivity contribution in [2.24, 2.45) is 7.05 Å². The molecular weight excluding hydrogens is 416 g/mol. The molecule has 1 aromatic heterocycles. The molecule has 4 aromatic rings. The quantitative estimate of drug-likeness (QED) is 0.509. The Morgan fingerprint density at radius 1 is 1.00 bits per heavy atom. The number of nitrogens with zero attached hydrogens (tertiary/aromatic N) is 3. The van der Waals surface area contributed by atoms with Gasteiger partial charge in [0.25, 0.3) is 0 Å². The zero-order valence-corrected chi connectivity index (χ0v) is 18.1. The minimum Gasteiger partial charge on any atom is -0.312 e. The number of hydrogen-bond acceptors (Lipinski definition) is 5. The van der Waals surface area contributed by atoms with E-state index in [2.05, 4.69) is 33.1 Å². The highest BCUT2D eigenvalue weighted by Crippen LogP contribution is 2.52. The van der Waals surface area contributed by atoms with Gasteiger partial charge in [0.1, 0.15) is 6.33 Å². The van der Waals surface area contributed by atoms with Crippen molar-refractivity contribution in [1.29, 1.82) is 0 Å². The summed E-state index contributed by atoms with van der Waals surface area (Å²) in [6.07, 6.45) is 1.65. The van der Waals surface area contributed by atoms with Crippen molar-refractivity contribution >= 4 is 32.6 Å². The number of sulfonamides is 1. The molecule has 0 radical (unpaired) electrons. The van der Waals surface area contributed by atoms with Crippen LogP contribution in [0.3, 0.4) is 0 Å². The van der Waals surface area contributed by atoms with Gasteiger partial charge in [-0.15, -0.1) is 10.2 Å². The monoisotopic (exact) mass is 436 g/mol. The Labute approximate surface area is 179 Å². The second-order valence-electron chi connectivity index (χ2n) is 7.47. The lowest BCUT2D eigenvalue weighted by atomic mass is 10.1. The molecule has 2 atom stereocenters. The summed E-state index contributed by atoms with van der Waals surface area (Å²) in [5.74, 6) is 0. The number of hydrogen-bond donors (Lipinski definition) is 1. The molecule has 1 heterocycles. The lowest BCUT2D eigenvalue weighted by Crippen LogP contribution is -2.30. The molecule has 0 aliphatic heterocycles. The van der Waals surface area contributed by atoms with Gasteiger partial charge in [0.15, 0.2) is 5.16 Å². The molecule has 0 saturated heterocycles. The van der Waals surface area contributed by atoms with Gasteiger partial charge >= 0.3 is 0 Å². The molecule has 0 saturated carbocycles. The molecule has 1 N–H and O–H groups in total. The van der Waals surface area contributed by atoms with Crippen LogP contribution >= 0.6 is 11.8 Å². The van der Waals surface area contributed by atoms with E-state index < -0.39 is 16.1 Å². The third-order valence-electron chi connectivity index (χ3n) is 5.43. The maximum atomic E-state index is 13.2. The van der Waals surface area contributed by atoms with Gasteiger partial charge in [0.2, 0.25) is 10.0 Å². The zero-order valence-electron chi connectivity index (χ0n) is 16.5. The molecule has 1 aliphatic rings. The van der Waals surface area contributed by atoms with Crippen LogP contribution in [-0.4, -0.2) is 23.2 Å². The molecule has 0 unspecified atom stereocenters. The number of thioether (sulfide) groups is 1. The molecular formula is C22H20N4O2S2. The minimum atomic E-state index is -3.70. The second kappa shape index (κ2) is 7.23. The van der Waals surface area contributed by atoms with Gasteiger partial charge in [0.05, 0.1) is 16.2 Å². The van der Waals surface area contributed by atoms with Crippen LogP contribution in [0.1, 0.15) is 28.0 Å². The van der Waals surface area contributed by atoms with Gasteiger partial charge in [-0.2, -0.15) is 0 Å². The number of benzene rings is 3. The Balaban J connectivity index is 1.60.